The molecule has 0 aromatic heterocycles. The van der Waals surface area contributed by atoms with Gasteiger partial charge in [-0.3, -0.25) is 0 Å². The Balaban J connectivity index is 2.94. The minimum Gasteiger partial charge on any atom is -0.227 e. The molecule has 0 aromatic rings. The molecule has 150 valence electrons. The fourth-order valence-corrected chi connectivity index (χ4v) is 3.24. The summed E-state index contributed by atoms with van der Waals surface area (Å²) < 4.78 is 0. The first-order valence-electron chi connectivity index (χ1n) is 10.3. The third kappa shape index (κ3) is 5.92. The molecule has 1 fully saturated rings. The smallest absolute Gasteiger partial charge is 0.227 e. The van der Waals surface area contributed by atoms with Crippen LogP contribution in [-0.2, 0) is 19.6 Å². The van der Waals surface area contributed by atoms with Gasteiger partial charge in [0.2, 0.25) is 5.79 Å². The fourth-order valence-electron chi connectivity index (χ4n) is 3.24. The first-order chi connectivity index (χ1) is 11.6. The van der Waals surface area contributed by atoms with Gasteiger partial charge in [0.05, 0.1) is 0 Å². The minimum absolute atomic E-state index is 0.301. The highest BCUT2D eigenvalue weighted by atomic mass is 17.3. The van der Waals surface area contributed by atoms with Crippen molar-refractivity contribution >= 4 is 0 Å². The van der Waals surface area contributed by atoms with E-state index in [0.717, 1.165) is 38.5 Å². The highest BCUT2D eigenvalue weighted by molar-refractivity contribution is 4.86. The van der Waals surface area contributed by atoms with Crippen molar-refractivity contribution in [2.24, 2.45) is 17.8 Å². The number of hydrogen-bond donors (Lipinski definition) is 0. The lowest BCUT2D eigenvalue weighted by molar-refractivity contribution is -0.554. The highest BCUT2D eigenvalue weighted by Gasteiger charge is 2.47. The van der Waals surface area contributed by atoms with Crippen molar-refractivity contribution in [3.8, 4) is 0 Å². The lowest BCUT2D eigenvalue weighted by Gasteiger charge is -2.45. The van der Waals surface area contributed by atoms with Crippen molar-refractivity contribution < 1.29 is 19.6 Å². The van der Waals surface area contributed by atoms with Gasteiger partial charge in [-0.05, 0) is 57.3 Å². The molecule has 0 amide bonds. The standard InChI is InChI=1S/C21H42O4/c1-10-19(8,11-2)22-24-21(25-23-20(9,12-3)13-4)14-16(5)18(7)17(6)15-21/h16-18H,10-15H2,1-9H3. The van der Waals surface area contributed by atoms with Gasteiger partial charge in [-0.15, -0.1) is 0 Å². The summed E-state index contributed by atoms with van der Waals surface area (Å²) >= 11 is 0. The molecule has 0 aliphatic heterocycles. The van der Waals surface area contributed by atoms with E-state index in [1.54, 1.807) is 0 Å². The van der Waals surface area contributed by atoms with E-state index in [4.69, 9.17) is 19.6 Å². The van der Waals surface area contributed by atoms with Gasteiger partial charge in [0, 0.05) is 12.8 Å². The van der Waals surface area contributed by atoms with E-state index in [9.17, 15) is 0 Å². The molecule has 1 rings (SSSR count). The van der Waals surface area contributed by atoms with Crippen molar-refractivity contribution in [3.63, 3.8) is 0 Å². The van der Waals surface area contributed by atoms with Gasteiger partial charge in [-0.2, -0.15) is 9.78 Å². The van der Waals surface area contributed by atoms with Gasteiger partial charge in [-0.25, -0.2) is 9.78 Å². The van der Waals surface area contributed by atoms with E-state index in [0.29, 0.717) is 17.8 Å². The molecule has 0 spiro atoms. The van der Waals surface area contributed by atoms with Crippen LogP contribution < -0.4 is 0 Å². The van der Waals surface area contributed by atoms with E-state index in [2.05, 4.69) is 62.3 Å². The van der Waals surface area contributed by atoms with Crippen LogP contribution in [-0.4, -0.2) is 17.0 Å². The quantitative estimate of drug-likeness (QED) is 0.256. The summed E-state index contributed by atoms with van der Waals surface area (Å²) in [6.07, 6.45) is 5.14. The molecule has 0 heterocycles. The van der Waals surface area contributed by atoms with Crippen LogP contribution in [0, 0.1) is 17.8 Å². The van der Waals surface area contributed by atoms with E-state index < -0.39 is 5.79 Å². The van der Waals surface area contributed by atoms with Crippen LogP contribution >= 0.6 is 0 Å². The molecule has 1 aliphatic rings. The van der Waals surface area contributed by atoms with Crippen molar-refractivity contribution in [1.29, 1.82) is 0 Å². The summed E-state index contributed by atoms with van der Waals surface area (Å²) in [6, 6.07) is 0. The largest absolute Gasteiger partial charge is 0.234 e. The average molecular weight is 359 g/mol. The van der Waals surface area contributed by atoms with Crippen LogP contribution in [0.3, 0.4) is 0 Å². The first-order valence-corrected chi connectivity index (χ1v) is 10.3. The first kappa shape index (κ1) is 22.9. The SMILES string of the molecule is CCC(C)(CC)OOC1(OOC(C)(CC)CC)CC(C)C(C)C(C)C1. The van der Waals surface area contributed by atoms with Crippen LogP contribution in [0.5, 0.6) is 0 Å². The molecular weight excluding hydrogens is 316 g/mol. The molecule has 0 saturated heterocycles. The predicted molar refractivity (Wildman–Crippen MR) is 102 cm³/mol. The van der Waals surface area contributed by atoms with Crippen molar-refractivity contribution in [3.05, 3.63) is 0 Å². The monoisotopic (exact) mass is 358 g/mol. The molecule has 25 heavy (non-hydrogen) atoms. The normalized spacial score (nSPS) is 27.5. The zero-order chi connectivity index (χ0) is 19.3. The Morgan fingerprint density at radius 2 is 1.04 bits per heavy atom. The van der Waals surface area contributed by atoms with Crippen LogP contribution in [0.15, 0.2) is 0 Å². The lowest BCUT2D eigenvalue weighted by atomic mass is 9.72. The summed E-state index contributed by atoms with van der Waals surface area (Å²) in [5, 5.41) is 0. The van der Waals surface area contributed by atoms with E-state index in [1.165, 1.54) is 0 Å². The second-order valence-corrected chi connectivity index (χ2v) is 8.78. The Kier molecular flexibility index (Phi) is 8.39. The average Bonchev–Trinajstić information content (AvgIpc) is 2.62. The van der Waals surface area contributed by atoms with Crippen molar-refractivity contribution in [1.82, 2.24) is 0 Å². The summed E-state index contributed by atoms with van der Waals surface area (Å²) in [5.41, 5.74) is -0.602. The maximum atomic E-state index is 6.04. The van der Waals surface area contributed by atoms with Gasteiger partial charge in [0.25, 0.3) is 0 Å². The van der Waals surface area contributed by atoms with Crippen molar-refractivity contribution in [2.45, 2.75) is 118 Å². The summed E-state index contributed by atoms with van der Waals surface area (Å²) in [7, 11) is 0. The molecule has 0 N–H and O–H groups in total. The van der Waals surface area contributed by atoms with E-state index in [1.807, 2.05) is 0 Å². The Hall–Kier alpha value is -0.160. The third-order valence-electron chi connectivity index (χ3n) is 6.84. The zero-order valence-electron chi connectivity index (χ0n) is 18.1. The molecule has 1 saturated carbocycles. The second-order valence-electron chi connectivity index (χ2n) is 8.78. The van der Waals surface area contributed by atoms with Crippen LogP contribution in [0.2, 0.25) is 0 Å². The molecule has 0 bridgehead atoms. The summed E-state index contributed by atoms with van der Waals surface area (Å²) in [4.78, 5) is 23.9. The minimum atomic E-state index is -0.831. The second kappa shape index (κ2) is 9.16. The molecule has 0 radical (unpaired) electrons. The summed E-state index contributed by atoms with van der Waals surface area (Å²) in [5.74, 6) is 0.774. The van der Waals surface area contributed by atoms with Crippen LogP contribution in [0.1, 0.15) is 101 Å². The Labute approximate surface area is 155 Å². The molecule has 2 atom stereocenters. The summed E-state index contributed by atoms with van der Waals surface area (Å²) in [6.45, 7) is 19.5. The Morgan fingerprint density at radius 1 is 0.720 bits per heavy atom. The molecule has 2 unspecified atom stereocenters. The predicted octanol–water partition coefficient (Wildman–Crippen LogP) is 6.44. The number of rotatable bonds is 10. The van der Waals surface area contributed by atoms with Gasteiger partial charge in [0.15, 0.2) is 0 Å². The third-order valence-corrected chi connectivity index (χ3v) is 6.84. The maximum Gasteiger partial charge on any atom is 0.234 e. The highest BCUT2D eigenvalue weighted by Crippen LogP contribution is 2.44. The van der Waals surface area contributed by atoms with E-state index >= 15 is 0 Å². The molecule has 1 aliphatic carbocycles. The van der Waals surface area contributed by atoms with Crippen LogP contribution in [0.25, 0.3) is 0 Å². The molecule has 4 nitrogen and oxygen atoms in total. The van der Waals surface area contributed by atoms with Crippen LogP contribution in [0.4, 0.5) is 0 Å². The Bertz CT molecular complexity index is 351. The van der Waals surface area contributed by atoms with Crippen molar-refractivity contribution in [2.75, 3.05) is 0 Å². The molecule has 0 aromatic carbocycles. The number of hydrogen-bond acceptors (Lipinski definition) is 4. The fraction of sp³-hybridized carbons (Fsp3) is 1.00. The maximum absolute atomic E-state index is 6.04. The topological polar surface area (TPSA) is 36.9 Å². The van der Waals surface area contributed by atoms with Gasteiger partial charge in [0.1, 0.15) is 11.2 Å². The van der Waals surface area contributed by atoms with Gasteiger partial charge < -0.3 is 0 Å². The Morgan fingerprint density at radius 3 is 1.32 bits per heavy atom. The van der Waals surface area contributed by atoms with Gasteiger partial charge in [-0.1, -0.05) is 48.5 Å². The van der Waals surface area contributed by atoms with Gasteiger partial charge >= 0.3 is 0 Å². The zero-order valence-corrected chi connectivity index (χ0v) is 18.1. The molecule has 4 heteroatoms. The molecular formula is C21H42O4. The lowest BCUT2D eigenvalue weighted by Crippen LogP contribution is -2.49. The van der Waals surface area contributed by atoms with E-state index in [-0.39, 0.29) is 11.2 Å².